The molecular weight excluding hydrogens is 399 g/mol. The van der Waals surface area contributed by atoms with Crippen LogP contribution >= 0.6 is 23.2 Å². The lowest BCUT2D eigenvalue weighted by Crippen LogP contribution is -2.27. The molecule has 0 spiro atoms. The molecule has 0 saturated heterocycles. The number of alkyl halides is 2. The second kappa shape index (κ2) is 8.59. The molecule has 2 aromatic rings. The zero-order valence-electron chi connectivity index (χ0n) is 14.7. The molecule has 3 rings (SSSR count). The van der Waals surface area contributed by atoms with E-state index in [1.807, 2.05) is 0 Å². The van der Waals surface area contributed by atoms with Gasteiger partial charge in [-0.1, -0.05) is 29.3 Å². The number of aliphatic hydroxyl groups excluding tert-OH is 1. The van der Waals surface area contributed by atoms with Gasteiger partial charge in [0, 0.05) is 12.0 Å². The van der Waals surface area contributed by atoms with Crippen molar-refractivity contribution in [2.24, 2.45) is 13.0 Å². The van der Waals surface area contributed by atoms with E-state index in [4.69, 9.17) is 27.9 Å². The van der Waals surface area contributed by atoms with Gasteiger partial charge in [0.05, 0.1) is 12.7 Å². The molecule has 0 amide bonds. The quantitative estimate of drug-likeness (QED) is 0.642. The lowest BCUT2D eigenvalue weighted by molar-refractivity contribution is -0.671. The Kier molecular flexibility index (Phi) is 6.40. The third-order valence-corrected chi connectivity index (χ3v) is 5.00. The molecule has 1 heterocycles. The van der Waals surface area contributed by atoms with Gasteiger partial charge >= 0.3 is 6.61 Å². The van der Waals surface area contributed by atoms with Crippen LogP contribution in [0.5, 0.6) is 11.5 Å². The molecule has 0 aliphatic heterocycles. The SMILES string of the molecule is C[n+]1cc(Cl)c(CC(O)c2ccc(OC(F)F)c(OCC3CC3)c2)c(Cl)c1. The number of hydrogen-bond donors (Lipinski definition) is 1. The van der Waals surface area contributed by atoms with Crippen LogP contribution in [0.1, 0.15) is 30.1 Å². The summed E-state index contributed by atoms with van der Waals surface area (Å²) in [5.74, 6) is 0.584. The van der Waals surface area contributed by atoms with Crippen LogP contribution in [0.2, 0.25) is 10.0 Å². The number of ether oxygens (including phenoxy) is 2. The standard InChI is InChI=1S/C19H20Cl2F2NO3/c1-24-8-14(20)13(15(21)9-24)7-16(25)12-4-5-17(27-19(22)23)18(6-12)26-10-11-2-3-11/h4-6,8-9,11,16,19,25H,2-3,7,10H2,1H3/q+1. The van der Waals surface area contributed by atoms with Crippen molar-refractivity contribution in [1.82, 2.24) is 0 Å². The Morgan fingerprint density at radius 1 is 1.19 bits per heavy atom. The molecule has 1 fully saturated rings. The highest BCUT2D eigenvalue weighted by molar-refractivity contribution is 6.35. The molecule has 146 valence electrons. The zero-order valence-corrected chi connectivity index (χ0v) is 16.2. The zero-order chi connectivity index (χ0) is 19.6. The predicted octanol–water partition coefficient (Wildman–Crippen LogP) is 4.48. The first-order valence-corrected chi connectivity index (χ1v) is 9.32. The molecule has 1 saturated carbocycles. The van der Waals surface area contributed by atoms with Gasteiger partial charge in [0.25, 0.3) is 0 Å². The Balaban J connectivity index is 1.81. The fraction of sp³-hybridized carbons (Fsp3) is 0.421. The Labute approximate surface area is 166 Å². The molecule has 27 heavy (non-hydrogen) atoms. The van der Waals surface area contributed by atoms with Crippen LogP contribution < -0.4 is 14.0 Å². The fourth-order valence-corrected chi connectivity index (χ4v) is 3.42. The summed E-state index contributed by atoms with van der Waals surface area (Å²) < 4.78 is 37.1. The van der Waals surface area contributed by atoms with E-state index in [2.05, 4.69) is 4.74 Å². The lowest BCUT2D eigenvalue weighted by Gasteiger charge is -2.17. The average Bonchev–Trinajstić information content (AvgIpc) is 3.40. The Morgan fingerprint density at radius 3 is 2.44 bits per heavy atom. The van der Waals surface area contributed by atoms with Gasteiger partial charge in [-0.15, -0.1) is 0 Å². The van der Waals surface area contributed by atoms with Crippen molar-refractivity contribution >= 4 is 23.2 Å². The molecule has 8 heteroatoms. The van der Waals surface area contributed by atoms with Crippen LogP contribution in [-0.2, 0) is 13.5 Å². The molecule has 4 nitrogen and oxygen atoms in total. The summed E-state index contributed by atoms with van der Waals surface area (Å²) >= 11 is 12.5. The van der Waals surface area contributed by atoms with E-state index in [0.29, 0.717) is 33.7 Å². The summed E-state index contributed by atoms with van der Waals surface area (Å²) in [7, 11) is 1.79. The molecule has 1 N–H and O–H groups in total. The average molecular weight is 419 g/mol. The van der Waals surface area contributed by atoms with E-state index < -0.39 is 12.7 Å². The van der Waals surface area contributed by atoms with Gasteiger partial charge in [0.15, 0.2) is 23.9 Å². The molecule has 1 aliphatic rings. The normalized spacial score (nSPS) is 15.1. The summed E-state index contributed by atoms with van der Waals surface area (Å²) in [5, 5.41) is 11.5. The van der Waals surface area contributed by atoms with E-state index in [1.54, 1.807) is 24.0 Å². The fourth-order valence-electron chi connectivity index (χ4n) is 2.70. The molecule has 1 aromatic heterocycles. The third kappa shape index (κ3) is 5.43. The number of aryl methyl sites for hydroxylation is 1. The first kappa shape index (κ1) is 20.1. The van der Waals surface area contributed by atoms with Gasteiger partial charge in [-0.3, -0.25) is 0 Å². The molecule has 0 radical (unpaired) electrons. The summed E-state index contributed by atoms with van der Waals surface area (Å²) in [4.78, 5) is 0. The van der Waals surface area contributed by atoms with Crippen LogP contribution in [0.4, 0.5) is 8.78 Å². The summed E-state index contributed by atoms with van der Waals surface area (Å²) in [6.45, 7) is -2.52. The highest BCUT2D eigenvalue weighted by atomic mass is 35.5. The monoisotopic (exact) mass is 418 g/mol. The van der Waals surface area contributed by atoms with E-state index in [1.165, 1.54) is 18.2 Å². The first-order chi connectivity index (χ1) is 12.8. The number of hydrogen-bond acceptors (Lipinski definition) is 3. The predicted molar refractivity (Wildman–Crippen MR) is 97.6 cm³/mol. The second-order valence-corrected chi connectivity index (χ2v) is 7.47. The minimum atomic E-state index is -2.95. The van der Waals surface area contributed by atoms with Crippen LogP contribution in [-0.4, -0.2) is 18.3 Å². The number of aromatic nitrogens is 1. The maximum absolute atomic E-state index is 12.6. The van der Waals surface area contributed by atoms with Crippen molar-refractivity contribution in [2.45, 2.75) is 32.0 Å². The summed E-state index contributed by atoms with van der Waals surface area (Å²) in [6.07, 6.45) is 4.76. The molecule has 0 bridgehead atoms. The summed E-state index contributed by atoms with van der Waals surface area (Å²) in [5.41, 5.74) is 1.11. The van der Waals surface area contributed by atoms with Gasteiger partial charge in [-0.05, 0) is 36.5 Å². The van der Waals surface area contributed by atoms with Crippen molar-refractivity contribution in [3.05, 3.63) is 51.8 Å². The van der Waals surface area contributed by atoms with Gasteiger partial charge in [-0.25, -0.2) is 4.57 Å². The van der Waals surface area contributed by atoms with Gasteiger partial charge < -0.3 is 14.6 Å². The maximum atomic E-state index is 12.6. The Hall–Kier alpha value is -1.63. The number of rotatable bonds is 8. The van der Waals surface area contributed by atoms with Gasteiger partial charge in [-0.2, -0.15) is 8.78 Å². The summed E-state index contributed by atoms with van der Waals surface area (Å²) in [6, 6.07) is 4.42. The molecule has 1 atom stereocenters. The molecule has 1 unspecified atom stereocenters. The number of halogens is 4. The number of pyridine rings is 1. The van der Waals surface area contributed by atoms with Crippen LogP contribution in [0.25, 0.3) is 0 Å². The van der Waals surface area contributed by atoms with E-state index in [-0.39, 0.29) is 17.9 Å². The van der Waals surface area contributed by atoms with Crippen LogP contribution in [0, 0.1) is 5.92 Å². The maximum Gasteiger partial charge on any atom is 0.387 e. The van der Waals surface area contributed by atoms with Crippen molar-refractivity contribution in [3.63, 3.8) is 0 Å². The van der Waals surface area contributed by atoms with E-state index in [9.17, 15) is 13.9 Å². The largest absolute Gasteiger partial charge is 0.489 e. The van der Waals surface area contributed by atoms with Crippen molar-refractivity contribution in [2.75, 3.05) is 6.61 Å². The third-order valence-electron chi connectivity index (χ3n) is 4.35. The van der Waals surface area contributed by atoms with Crippen molar-refractivity contribution in [3.8, 4) is 11.5 Å². The van der Waals surface area contributed by atoms with E-state index in [0.717, 1.165) is 12.8 Å². The second-order valence-electron chi connectivity index (χ2n) is 6.66. The molecule has 1 aromatic carbocycles. The number of aliphatic hydroxyl groups is 1. The lowest BCUT2D eigenvalue weighted by atomic mass is 10.0. The molecule has 1 aliphatic carbocycles. The van der Waals surface area contributed by atoms with Crippen molar-refractivity contribution < 1.29 is 27.9 Å². The van der Waals surface area contributed by atoms with Crippen LogP contribution in [0.15, 0.2) is 30.6 Å². The van der Waals surface area contributed by atoms with Crippen LogP contribution in [0.3, 0.4) is 0 Å². The van der Waals surface area contributed by atoms with Gasteiger partial charge in [0.1, 0.15) is 17.1 Å². The highest BCUT2D eigenvalue weighted by Gasteiger charge is 2.24. The Bertz CT molecular complexity index is 793. The van der Waals surface area contributed by atoms with Gasteiger partial charge in [0.2, 0.25) is 0 Å². The Morgan fingerprint density at radius 2 is 1.85 bits per heavy atom. The minimum absolute atomic E-state index is 0.0515. The highest BCUT2D eigenvalue weighted by Crippen LogP contribution is 2.36. The number of benzene rings is 1. The smallest absolute Gasteiger partial charge is 0.387 e. The van der Waals surface area contributed by atoms with E-state index >= 15 is 0 Å². The minimum Gasteiger partial charge on any atom is -0.489 e. The van der Waals surface area contributed by atoms with Crippen molar-refractivity contribution in [1.29, 1.82) is 0 Å². The first-order valence-electron chi connectivity index (χ1n) is 8.56. The topological polar surface area (TPSA) is 42.6 Å². The molecular formula is C19H20Cl2F2NO3+. The number of nitrogens with zero attached hydrogens (tertiary/aromatic N) is 1.